The Morgan fingerprint density at radius 1 is 1.21 bits per heavy atom. The van der Waals surface area contributed by atoms with E-state index in [1.54, 1.807) is 12.1 Å². The van der Waals surface area contributed by atoms with E-state index in [-0.39, 0.29) is 29.2 Å². The fourth-order valence-corrected chi connectivity index (χ4v) is 4.27. The number of anilines is 1. The van der Waals surface area contributed by atoms with Gasteiger partial charge in [-0.2, -0.15) is 4.31 Å². The summed E-state index contributed by atoms with van der Waals surface area (Å²) >= 11 is 0. The Balaban J connectivity index is 1.82. The number of hydrogen-bond donors (Lipinski definition) is 1. The third kappa shape index (κ3) is 5.00. The van der Waals surface area contributed by atoms with Gasteiger partial charge >= 0.3 is 0 Å². The van der Waals surface area contributed by atoms with Gasteiger partial charge in [0, 0.05) is 24.7 Å². The molecule has 2 aromatic carbocycles. The minimum Gasteiger partial charge on any atom is -0.495 e. The van der Waals surface area contributed by atoms with Crippen LogP contribution in [-0.2, 0) is 19.6 Å². The first-order chi connectivity index (χ1) is 13.9. The van der Waals surface area contributed by atoms with Gasteiger partial charge in [0.1, 0.15) is 11.6 Å². The van der Waals surface area contributed by atoms with Crippen molar-refractivity contribution >= 4 is 27.7 Å². The Hall–Kier alpha value is -2.75. The van der Waals surface area contributed by atoms with E-state index in [4.69, 9.17) is 9.47 Å². The number of ether oxygens (including phenoxy) is 2. The van der Waals surface area contributed by atoms with Gasteiger partial charge in [-0.1, -0.05) is 18.2 Å². The van der Waals surface area contributed by atoms with E-state index < -0.39 is 21.7 Å². The quantitative estimate of drug-likeness (QED) is 0.726. The summed E-state index contributed by atoms with van der Waals surface area (Å²) < 4.78 is 51.1. The Kier molecular flexibility index (Phi) is 6.63. The second kappa shape index (κ2) is 9.17. The topological polar surface area (TPSA) is 84.9 Å². The molecule has 3 rings (SSSR count). The van der Waals surface area contributed by atoms with Gasteiger partial charge in [0.25, 0.3) is 0 Å². The van der Waals surface area contributed by atoms with Crippen molar-refractivity contribution in [1.29, 1.82) is 0 Å². The Morgan fingerprint density at radius 2 is 1.93 bits per heavy atom. The molecule has 2 aromatic rings. The highest BCUT2D eigenvalue weighted by molar-refractivity contribution is 7.89. The average molecular weight is 420 g/mol. The van der Waals surface area contributed by atoms with Gasteiger partial charge in [-0.3, -0.25) is 4.79 Å². The molecule has 0 atom stereocenters. The van der Waals surface area contributed by atoms with Crippen molar-refractivity contribution in [3.05, 3.63) is 59.9 Å². The number of sulfonamides is 1. The minimum atomic E-state index is -3.73. The van der Waals surface area contributed by atoms with Crippen LogP contribution in [0.1, 0.15) is 5.56 Å². The molecule has 0 spiro atoms. The van der Waals surface area contributed by atoms with Crippen molar-refractivity contribution in [2.24, 2.45) is 0 Å². The van der Waals surface area contributed by atoms with Crippen LogP contribution < -0.4 is 10.1 Å². The molecule has 1 N–H and O–H groups in total. The standard InChI is InChI=1S/C20H21FN2O5S/c1-27-19-8-7-16(29(25,26)23-10-12-28-13-11-23)14-18(19)22-20(24)9-6-15-4-2-3-5-17(15)21/h2-9,14H,10-13H2,1H3,(H,22,24)/b9-6+. The molecule has 0 aliphatic carbocycles. The van der Waals surface area contributed by atoms with Gasteiger partial charge in [-0.05, 0) is 30.3 Å². The molecule has 0 bridgehead atoms. The Bertz CT molecular complexity index is 1020. The zero-order chi connectivity index (χ0) is 20.9. The van der Waals surface area contributed by atoms with Crippen LogP contribution in [0.3, 0.4) is 0 Å². The molecule has 154 valence electrons. The zero-order valence-corrected chi connectivity index (χ0v) is 16.6. The van der Waals surface area contributed by atoms with Gasteiger partial charge in [-0.25, -0.2) is 12.8 Å². The molecule has 1 heterocycles. The van der Waals surface area contributed by atoms with E-state index in [0.717, 1.165) is 0 Å². The molecule has 1 aliphatic rings. The van der Waals surface area contributed by atoms with Gasteiger partial charge in [0.2, 0.25) is 15.9 Å². The molecule has 1 aliphatic heterocycles. The van der Waals surface area contributed by atoms with E-state index >= 15 is 0 Å². The fourth-order valence-electron chi connectivity index (χ4n) is 2.83. The summed E-state index contributed by atoms with van der Waals surface area (Å²) in [7, 11) is -2.31. The fraction of sp³-hybridized carbons (Fsp3) is 0.250. The van der Waals surface area contributed by atoms with Gasteiger partial charge in [0.05, 0.1) is 30.9 Å². The van der Waals surface area contributed by atoms with E-state index in [1.165, 1.54) is 53.9 Å². The summed E-state index contributed by atoms with van der Waals surface area (Å²) in [4.78, 5) is 12.3. The van der Waals surface area contributed by atoms with Crippen molar-refractivity contribution in [3.63, 3.8) is 0 Å². The number of methoxy groups -OCH3 is 1. The number of benzene rings is 2. The van der Waals surface area contributed by atoms with E-state index in [0.29, 0.717) is 19.0 Å². The molecular formula is C20H21FN2O5S. The second-order valence-corrected chi connectivity index (χ2v) is 8.16. The van der Waals surface area contributed by atoms with E-state index in [2.05, 4.69) is 5.32 Å². The maximum Gasteiger partial charge on any atom is 0.248 e. The molecule has 1 saturated heterocycles. The largest absolute Gasteiger partial charge is 0.495 e. The van der Waals surface area contributed by atoms with Crippen molar-refractivity contribution in [2.75, 3.05) is 38.7 Å². The highest BCUT2D eigenvalue weighted by atomic mass is 32.2. The monoisotopic (exact) mass is 420 g/mol. The molecule has 7 nitrogen and oxygen atoms in total. The summed E-state index contributed by atoms with van der Waals surface area (Å²) in [6.07, 6.45) is 2.51. The summed E-state index contributed by atoms with van der Waals surface area (Å²) in [6.45, 7) is 1.20. The molecule has 1 fully saturated rings. The highest BCUT2D eigenvalue weighted by Gasteiger charge is 2.27. The van der Waals surface area contributed by atoms with Crippen LogP contribution in [-0.4, -0.2) is 52.0 Å². The molecule has 29 heavy (non-hydrogen) atoms. The number of morpholine rings is 1. The number of nitrogens with one attached hydrogen (secondary N) is 1. The van der Waals surface area contributed by atoms with Crippen LogP contribution in [0.5, 0.6) is 5.75 Å². The number of amides is 1. The molecule has 1 amide bonds. The van der Waals surface area contributed by atoms with Gasteiger partial charge in [-0.15, -0.1) is 0 Å². The molecular weight excluding hydrogens is 399 g/mol. The lowest BCUT2D eigenvalue weighted by molar-refractivity contribution is -0.111. The predicted molar refractivity (Wildman–Crippen MR) is 107 cm³/mol. The summed E-state index contributed by atoms with van der Waals surface area (Å²) in [6, 6.07) is 10.3. The van der Waals surface area contributed by atoms with Crippen LogP contribution >= 0.6 is 0 Å². The Morgan fingerprint density at radius 3 is 2.62 bits per heavy atom. The van der Waals surface area contributed by atoms with Crippen molar-refractivity contribution in [3.8, 4) is 5.75 Å². The minimum absolute atomic E-state index is 0.0357. The second-order valence-electron chi connectivity index (χ2n) is 6.22. The predicted octanol–water partition coefficient (Wildman–Crippen LogP) is 2.51. The SMILES string of the molecule is COc1ccc(S(=O)(=O)N2CCOCC2)cc1NC(=O)/C=C/c1ccccc1F. The lowest BCUT2D eigenvalue weighted by Crippen LogP contribution is -2.40. The van der Waals surface area contributed by atoms with Crippen molar-refractivity contribution < 1.29 is 27.1 Å². The number of hydrogen-bond acceptors (Lipinski definition) is 5. The van der Waals surface area contributed by atoms with E-state index in [9.17, 15) is 17.6 Å². The van der Waals surface area contributed by atoms with Crippen LogP contribution in [0.4, 0.5) is 10.1 Å². The number of carbonyl (C=O) groups excluding carboxylic acids is 1. The summed E-state index contributed by atoms with van der Waals surface area (Å²) in [5.41, 5.74) is 0.461. The highest BCUT2D eigenvalue weighted by Crippen LogP contribution is 2.29. The Labute approximate surface area is 168 Å². The average Bonchev–Trinajstić information content (AvgIpc) is 2.73. The summed E-state index contributed by atoms with van der Waals surface area (Å²) in [5.74, 6) is -0.696. The lowest BCUT2D eigenvalue weighted by atomic mass is 10.2. The molecule has 0 radical (unpaired) electrons. The molecule has 0 unspecified atom stereocenters. The van der Waals surface area contributed by atoms with Crippen LogP contribution in [0.2, 0.25) is 0 Å². The number of halogens is 1. The third-order valence-electron chi connectivity index (χ3n) is 4.36. The molecule has 9 heteroatoms. The smallest absolute Gasteiger partial charge is 0.248 e. The maximum absolute atomic E-state index is 13.7. The number of rotatable bonds is 6. The van der Waals surface area contributed by atoms with Crippen LogP contribution in [0.25, 0.3) is 6.08 Å². The zero-order valence-electron chi connectivity index (χ0n) is 15.8. The van der Waals surface area contributed by atoms with Gasteiger partial charge in [0.15, 0.2) is 0 Å². The first kappa shape index (κ1) is 21.0. The van der Waals surface area contributed by atoms with E-state index in [1.807, 2.05) is 0 Å². The maximum atomic E-state index is 13.7. The lowest BCUT2D eigenvalue weighted by Gasteiger charge is -2.26. The van der Waals surface area contributed by atoms with Crippen molar-refractivity contribution in [1.82, 2.24) is 4.31 Å². The first-order valence-electron chi connectivity index (χ1n) is 8.91. The third-order valence-corrected chi connectivity index (χ3v) is 6.25. The van der Waals surface area contributed by atoms with Gasteiger partial charge < -0.3 is 14.8 Å². The molecule has 0 saturated carbocycles. The molecule has 0 aromatic heterocycles. The van der Waals surface area contributed by atoms with Crippen LogP contribution in [0.15, 0.2) is 53.4 Å². The van der Waals surface area contributed by atoms with Crippen molar-refractivity contribution in [2.45, 2.75) is 4.90 Å². The summed E-state index contributed by atoms with van der Waals surface area (Å²) in [5, 5.41) is 2.59. The normalized spacial score (nSPS) is 15.4. The van der Waals surface area contributed by atoms with Crippen LogP contribution in [0, 0.1) is 5.82 Å². The first-order valence-corrected chi connectivity index (χ1v) is 10.4. The number of nitrogens with zero attached hydrogens (tertiary/aromatic N) is 1. The number of carbonyl (C=O) groups is 1.